The number of aryl methyl sites for hydroxylation is 1. The number of amides is 2. The van der Waals surface area contributed by atoms with Crippen LogP contribution in [0, 0.1) is 0 Å². The van der Waals surface area contributed by atoms with Gasteiger partial charge in [-0.25, -0.2) is 5.06 Å². The number of rotatable bonds is 12. The molecule has 3 aromatic rings. The molecule has 0 atom stereocenters. The Hall–Kier alpha value is -2.74. The van der Waals surface area contributed by atoms with Crippen LogP contribution in [0.2, 0.25) is 0 Å². The smallest absolute Gasteiger partial charge is 0.261 e. The van der Waals surface area contributed by atoms with Gasteiger partial charge in [0.1, 0.15) is 0 Å². The summed E-state index contributed by atoms with van der Waals surface area (Å²) in [4.78, 5) is 29.9. The van der Waals surface area contributed by atoms with Gasteiger partial charge in [0, 0.05) is 17.8 Å². The molecule has 1 aromatic heterocycles. The molecule has 176 valence electrons. The number of benzene rings is 2. The second-order valence-electron chi connectivity index (χ2n) is 8.96. The second-order valence-corrected chi connectivity index (χ2v) is 10.0. The molecule has 0 spiro atoms. The van der Waals surface area contributed by atoms with Gasteiger partial charge in [-0.2, -0.15) is 0 Å². The van der Waals surface area contributed by atoms with Crippen LogP contribution in [0.4, 0.5) is 0 Å². The van der Waals surface area contributed by atoms with Gasteiger partial charge in [0.2, 0.25) is 6.41 Å². The minimum absolute atomic E-state index is 0.0147. The molecule has 2 aromatic carbocycles. The number of nitrogens with zero attached hydrogens (tertiary/aromatic N) is 1. The average molecular weight is 468 g/mol. The lowest BCUT2D eigenvalue weighted by atomic mass is 10.1. The lowest BCUT2D eigenvalue weighted by molar-refractivity contribution is -0.220. The third-order valence-electron chi connectivity index (χ3n) is 4.93. The van der Waals surface area contributed by atoms with Gasteiger partial charge >= 0.3 is 0 Å². The largest absolute Gasteiger partial charge is 0.350 e. The molecule has 0 saturated carbocycles. The number of hydrogen-bond donors (Lipinski definition) is 2. The monoisotopic (exact) mass is 467 g/mol. The molecule has 3 rings (SSSR count). The van der Waals surface area contributed by atoms with Crippen molar-refractivity contribution in [3.63, 3.8) is 0 Å². The first-order valence-corrected chi connectivity index (χ1v) is 12.1. The summed E-state index contributed by atoms with van der Waals surface area (Å²) in [6.45, 7) is 8.41. The Morgan fingerprint density at radius 3 is 2.45 bits per heavy atom. The van der Waals surface area contributed by atoms with E-state index in [1.54, 1.807) is 0 Å². The topological polar surface area (TPSA) is 70.7 Å². The first kappa shape index (κ1) is 24.9. The summed E-state index contributed by atoms with van der Waals surface area (Å²) in [6.07, 6.45) is 2.70. The molecule has 0 radical (unpaired) electrons. The molecule has 0 unspecified atom stereocenters. The Balaban J connectivity index is 1.30. The Bertz CT molecular complexity index is 1010. The van der Waals surface area contributed by atoms with Gasteiger partial charge in [-0.15, -0.1) is 11.3 Å². The van der Waals surface area contributed by atoms with E-state index < -0.39 is 5.60 Å². The van der Waals surface area contributed by atoms with E-state index in [9.17, 15) is 9.59 Å². The molecule has 0 aliphatic rings. The summed E-state index contributed by atoms with van der Waals surface area (Å²) in [5, 5.41) is 8.80. The van der Waals surface area contributed by atoms with Crippen LogP contribution < -0.4 is 10.6 Å². The lowest BCUT2D eigenvalue weighted by Gasteiger charge is -2.26. The van der Waals surface area contributed by atoms with Crippen molar-refractivity contribution in [2.75, 3.05) is 19.6 Å². The SMILES string of the molecule is CC(C)(C)ON(C=O)Cc1ccc(CCCNCCNC(=O)c2cc3ccccc3s2)cc1. The van der Waals surface area contributed by atoms with Crippen LogP contribution in [0.3, 0.4) is 0 Å². The van der Waals surface area contributed by atoms with Crippen LogP contribution in [0.25, 0.3) is 10.1 Å². The maximum absolute atomic E-state index is 12.3. The Kier molecular flexibility index (Phi) is 9.00. The fourth-order valence-corrected chi connectivity index (χ4v) is 4.40. The van der Waals surface area contributed by atoms with Gasteiger partial charge in [0.15, 0.2) is 0 Å². The summed E-state index contributed by atoms with van der Waals surface area (Å²) < 4.78 is 1.13. The van der Waals surface area contributed by atoms with Gasteiger partial charge in [-0.1, -0.05) is 42.5 Å². The van der Waals surface area contributed by atoms with Crippen molar-refractivity contribution in [2.24, 2.45) is 0 Å². The summed E-state index contributed by atoms with van der Waals surface area (Å²) in [6, 6.07) is 18.3. The first-order valence-electron chi connectivity index (χ1n) is 11.3. The molecule has 2 N–H and O–H groups in total. The summed E-state index contributed by atoms with van der Waals surface area (Å²) in [7, 11) is 0. The Morgan fingerprint density at radius 1 is 1.03 bits per heavy atom. The summed E-state index contributed by atoms with van der Waals surface area (Å²) in [5.74, 6) is -0.0147. The van der Waals surface area contributed by atoms with Crippen molar-refractivity contribution < 1.29 is 14.4 Å². The van der Waals surface area contributed by atoms with Crippen LogP contribution in [0.15, 0.2) is 54.6 Å². The molecule has 0 saturated heterocycles. The molecule has 7 heteroatoms. The van der Waals surface area contributed by atoms with Crippen LogP contribution in [0.1, 0.15) is 48.0 Å². The van der Waals surface area contributed by atoms with Crippen molar-refractivity contribution >= 4 is 33.7 Å². The highest BCUT2D eigenvalue weighted by molar-refractivity contribution is 7.20. The quantitative estimate of drug-likeness (QED) is 0.233. The highest BCUT2D eigenvalue weighted by Crippen LogP contribution is 2.25. The first-order chi connectivity index (χ1) is 15.8. The zero-order chi connectivity index (χ0) is 23.7. The summed E-state index contributed by atoms with van der Waals surface area (Å²) in [5.41, 5.74) is 1.88. The lowest BCUT2D eigenvalue weighted by Crippen LogP contribution is -2.32. The van der Waals surface area contributed by atoms with Gasteiger partial charge < -0.3 is 10.6 Å². The number of carbonyl (C=O) groups excluding carboxylic acids is 2. The number of thiophene rings is 1. The molecular formula is C26H33N3O3S. The van der Waals surface area contributed by atoms with Crippen LogP contribution in [0.5, 0.6) is 0 Å². The maximum atomic E-state index is 12.3. The maximum Gasteiger partial charge on any atom is 0.261 e. The third kappa shape index (κ3) is 8.28. The average Bonchev–Trinajstić information content (AvgIpc) is 3.22. The molecule has 6 nitrogen and oxygen atoms in total. The molecule has 0 aliphatic heterocycles. The van der Waals surface area contributed by atoms with E-state index in [4.69, 9.17) is 4.84 Å². The Labute approximate surface area is 199 Å². The van der Waals surface area contributed by atoms with Crippen LogP contribution in [-0.4, -0.2) is 42.6 Å². The zero-order valence-electron chi connectivity index (χ0n) is 19.6. The summed E-state index contributed by atoms with van der Waals surface area (Å²) >= 11 is 1.52. The number of hydroxylamine groups is 2. The molecule has 0 bridgehead atoms. The number of nitrogens with one attached hydrogen (secondary N) is 2. The molecule has 2 amide bonds. The van der Waals surface area contributed by atoms with E-state index >= 15 is 0 Å². The molecule has 0 aliphatic carbocycles. The standard InChI is InChI=1S/C26H33N3O3S/c1-26(2,3)32-29(19-30)18-21-12-10-20(11-13-21)7-6-14-27-15-16-28-25(31)24-17-22-8-4-5-9-23(22)33-24/h4-5,8-13,17,19,27H,6-7,14-16,18H2,1-3H3,(H,28,31). The van der Waals surface area contributed by atoms with Crippen LogP contribution in [-0.2, 0) is 22.6 Å². The highest BCUT2D eigenvalue weighted by atomic mass is 32.1. The van der Waals surface area contributed by atoms with E-state index in [2.05, 4.69) is 22.8 Å². The normalized spacial score (nSPS) is 11.5. The highest BCUT2D eigenvalue weighted by Gasteiger charge is 2.16. The predicted octanol–water partition coefficient (Wildman–Crippen LogP) is 4.54. The van der Waals surface area contributed by atoms with Gasteiger partial charge in [0.25, 0.3) is 5.91 Å². The minimum atomic E-state index is -0.407. The third-order valence-corrected chi connectivity index (χ3v) is 6.04. The van der Waals surface area contributed by atoms with Gasteiger partial charge in [0.05, 0.1) is 17.0 Å². The number of carbonyl (C=O) groups is 2. The van der Waals surface area contributed by atoms with E-state index in [1.165, 1.54) is 22.0 Å². The van der Waals surface area contributed by atoms with Gasteiger partial charge in [-0.05, 0) is 68.8 Å². The Morgan fingerprint density at radius 2 is 1.76 bits per heavy atom. The fourth-order valence-electron chi connectivity index (χ4n) is 3.42. The number of fused-ring (bicyclic) bond motifs is 1. The van der Waals surface area contributed by atoms with E-state index in [0.29, 0.717) is 13.1 Å². The van der Waals surface area contributed by atoms with Gasteiger partial charge in [-0.3, -0.25) is 14.4 Å². The van der Waals surface area contributed by atoms with Crippen molar-refractivity contribution in [1.29, 1.82) is 0 Å². The van der Waals surface area contributed by atoms with Crippen molar-refractivity contribution in [1.82, 2.24) is 15.7 Å². The molecule has 33 heavy (non-hydrogen) atoms. The number of hydrogen-bond acceptors (Lipinski definition) is 5. The fraction of sp³-hybridized carbons (Fsp3) is 0.385. The van der Waals surface area contributed by atoms with Crippen molar-refractivity contribution in [3.8, 4) is 0 Å². The van der Waals surface area contributed by atoms with Crippen LogP contribution >= 0.6 is 11.3 Å². The molecule has 0 fully saturated rings. The van der Waals surface area contributed by atoms with E-state index in [0.717, 1.165) is 52.9 Å². The molecule has 1 heterocycles. The van der Waals surface area contributed by atoms with Crippen molar-refractivity contribution in [3.05, 3.63) is 70.6 Å². The molecular weight excluding hydrogens is 434 g/mol. The van der Waals surface area contributed by atoms with E-state index in [-0.39, 0.29) is 5.91 Å². The minimum Gasteiger partial charge on any atom is -0.350 e. The zero-order valence-corrected chi connectivity index (χ0v) is 20.4. The predicted molar refractivity (Wildman–Crippen MR) is 134 cm³/mol. The van der Waals surface area contributed by atoms with Crippen molar-refractivity contribution in [2.45, 2.75) is 45.8 Å². The second kappa shape index (κ2) is 11.9. The van der Waals surface area contributed by atoms with E-state index in [1.807, 2.05) is 63.2 Å².